The first-order valence-electron chi connectivity index (χ1n) is 6.74. The number of nitrogens with zero attached hydrogens (tertiary/aromatic N) is 1. The lowest BCUT2D eigenvalue weighted by Crippen LogP contribution is -2.10. The van der Waals surface area contributed by atoms with E-state index >= 15 is 0 Å². The third kappa shape index (κ3) is 2.55. The number of H-pyrrole nitrogens is 1. The Morgan fingerprint density at radius 2 is 1.94 bits per heavy atom. The Kier molecular flexibility index (Phi) is 3.31. The summed E-state index contributed by atoms with van der Waals surface area (Å²) < 4.78 is 0. The van der Waals surface area contributed by atoms with Crippen LogP contribution in [0.25, 0.3) is 11.3 Å². The molecular weight excluding hydrogens is 222 g/mol. The zero-order valence-corrected chi connectivity index (χ0v) is 10.5. The van der Waals surface area contributed by atoms with Crippen LogP contribution < -0.4 is 5.32 Å². The lowest BCUT2D eigenvalue weighted by atomic mass is 10.1. The smallest absolute Gasteiger partial charge is 0.0924 e. The van der Waals surface area contributed by atoms with Crippen LogP contribution in [0.1, 0.15) is 25.7 Å². The molecule has 0 radical (unpaired) electrons. The Morgan fingerprint density at radius 3 is 2.61 bits per heavy atom. The Hall–Kier alpha value is -1.77. The molecule has 1 fully saturated rings. The van der Waals surface area contributed by atoms with Crippen LogP contribution in [-0.2, 0) is 0 Å². The largest absolute Gasteiger partial charge is 0.385 e. The molecule has 3 heteroatoms. The molecule has 1 aromatic heterocycles. The van der Waals surface area contributed by atoms with Gasteiger partial charge in [-0.2, -0.15) is 0 Å². The van der Waals surface area contributed by atoms with Crippen molar-refractivity contribution >= 4 is 5.69 Å². The molecule has 3 rings (SSSR count). The van der Waals surface area contributed by atoms with Crippen LogP contribution in [0, 0.1) is 5.92 Å². The molecule has 0 amide bonds. The van der Waals surface area contributed by atoms with Crippen LogP contribution in [0.2, 0.25) is 0 Å². The highest BCUT2D eigenvalue weighted by atomic mass is 14.9. The molecule has 18 heavy (non-hydrogen) atoms. The number of rotatable bonds is 4. The molecule has 0 unspecified atom stereocenters. The molecule has 0 bridgehead atoms. The second-order valence-electron chi connectivity index (χ2n) is 5.07. The van der Waals surface area contributed by atoms with Crippen molar-refractivity contribution in [3.63, 3.8) is 0 Å². The summed E-state index contributed by atoms with van der Waals surface area (Å²) in [6.07, 6.45) is 9.15. The second kappa shape index (κ2) is 5.25. The quantitative estimate of drug-likeness (QED) is 0.857. The highest BCUT2D eigenvalue weighted by Crippen LogP contribution is 2.25. The van der Waals surface area contributed by atoms with Crippen molar-refractivity contribution in [1.29, 1.82) is 0 Å². The predicted octanol–water partition coefficient (Wildman–Crippen LogP) is 3.68. The number of hydrogen-bond acceptors (Lipinski definition) is 2. The molecule has 0 saturated heterocycles. The summed E-state index contributed by atoms with van der Waals surface area (Å²) >= 11 is 0. The van der Waals surface area contributed by atoms with Crippen LogP contribution in [0.15, 0.2) is 36.8 Å². The van der Waals surface area contributed by atoms with Gasteiger partial charge >= 0.3 is 0 Å². The van der Waals surface area contributed by atoms with Crippen LogP contribution in [0.3, 0.4) is 0 Å². The van der Waals surface area contributed by atoms with Gasteiger partial charge in [0.25, 0.3) is 0 Å². The minimum Gasteiger partial charge on any atom is -0.385 e. The lowest BCUT2D eigenvalue weighted by molar-refractivity contribution is 0.580. The first kappa shape index (κ1) is 11.3. The van der Waals surface area contributed by atoms with Gasteiger partial charge in [-0.3, -0.25) is 0 Å². The van der Waals surface area contributed by atoms with Crippen molar-refractivity contribution in [3.05, 3.63) is 36.8 Å². The predicted molar refractivity (Wildman–Crippen MR) is 74.5 cm³/mol. The first-order valence-corrected chi connectivity index (χ1v) is 6.74. The second-order valence-corrected chi connectivity index (χ2v) is 5.07. The summed E-state index contributed by atoms with van der Waals surface area (Å²) in [5.41, 5.74) is 3.46. The van der Waals surface area contributed by atoms with E-state index < -0.39 is 0 Å². The minimum atomic E-state index is 0.872. The Labute approximate surface area is 108 Å². The summed E-state index contributed by atoms with van der Waals surface area (Å²) in [6, 6.07) is 8.55. The van der Waals surface area contributed by atoms with Crippen molar-refractivity contribution in [3.8, 4) is 11.3 Å². The maximum absolute atomic E-state index is 4.04. The molecule has 0 aliphatic heterocycles. The number of imidazole rings is 1. The van der Waals surface area contributed by atoms with Crippen molar-refractivity contribution < 1.29 is 0 Å². The summed E-state index contributed by atoms with van der Waals surface area (Å²) in [5.74, 6) is 0.872. The Morgan fingerprint density at radius 1 is 1.17 bits per heavy atom. The SMILES string of the molecule is c1ncc(-c2ccc(NCC3CCCC3)cc2)[nH]1. The van der Waals surface area contributed by atoms with Gasteiger partial charge in [0, 0.05) is 12.2 Å². The molecule has 1 saturated carbocycles. The van der Waals surface area contributed by atoms with Gasteiger partial charge in [-0.05, 0) is 36.5 Å². The van der Waals surface area contributed by atoms with E-state index in [0.29, 0.717) is 0 Å². The van der Waals surface area contributed by atoms with Gasteiger partial charge < -0.3 is 10.3 Å². The molecule has 1 aromatic carbocycles. The maximum Gasteiger partial charge on any atom is 0.0924 e. The van der Waals surface area contributed by atoms with E-state index in [1.54, 1.807) is 6.33 Å². The van der Waals surface area contributed by atoms with Gasteiger partial charge in [0.05, 0.1) is 18.2 Å². The van der Waals surface area contributed by atoms with Gasteiger partial charge in [0.2, 0.25) is 0 Å². The molecular formula is C15H19N3. The minimum absolute atomic E-state index is 0.872. The number of hydrogen-bond donors (Lipinski definition) is 2. The van der Waals surface area contributed by atoms with E-state index in [0.717, 1.165) is 18.2 Å². The summed E-state index contributed by atoms with van der Waals surface area (Å²) in [6.45, 7) is 1.11. The maximum atomic E-state index is 4.04. The fourth-order valence-electron chi connectivity index (χ4n) is 2.66. The van der Waals surface area contributed by atoms with Crippen LogP contribution in [0.4, 0.5) is 5.69 Å². The normalized spacial score (nSPS) is 16.0. The van der Waals surface area contributed by atoms with Gasteiger partial charge in [-0.15, -0.1) is 0 Å². The number of benzene rings is 1. The molecule has 1 aliphatic rings. The molecule has 3 nitrogen and oxygen atoms in total. The summed E-state index contributed by atoms with van der Waals surface area (Å²) in [7, 11) is 0. The third-order valence-corrected chi connectivity index (χ3v) is 3.76. The van der Waals surface area contributed by atoms with Gasteiger partial charge in [-0.1, -0.05) is 25.0 Å². The van der Waals surface area contributed by atoms with E-state index in [2.05, 4.69) is 39.6 Å². The molecule has 1 aliphatic carbocycles. The standard InChI is InChI=1S/C15H19N3/c1-2-4-12(3-1)9-17-14-7-5-13(6-8-14)15-10-16-11-18-15/h5-8,10-12,17H,1-4,9H2,(H,16,18). The topological polar surface area (TPSA) is 40.7 Å². The van der Waals surface area contributed by atoms with Gasteiger partial charge in [0.1, 0.15) is 0 Å². The summed E-state index contributed by atoms with van der Waals surface area (Å²) in [5, 5.41) is 3.53. The monoisotopic (exact) mass is 241 g/mol. The highest BCUT2D eigenvalue weighted by molar-refractivity contribution is 5.61. The molecule has 1 heterocycles. The van der Waals surface area contributed by atoms with Crippen LogP contribution in [0.5, 0.6) is 0 Å². The van der Waals surface area contributed by atoms with Crippen LogP contribution in [-0.4, -0.2) is 16.5 Å². The molecule has 2 N–H and O–H groups in total. The average molecular weight is 241 g/mol. The molecule has 2 aromatic rings. The van der Waals surface area contributed by atoms with Crippen molar-refractivity contribution in [2.75, 3.05) is 11.9 Å². The number of anilines is 1. The molecule has 94 valence electrons. The van der Waals surface area contributed by atoms with Crippen LogP contribution >= 0.6 is 0 Å². The van der Waals surface area contributed by atoms with Crippen molar-refractivity contribution in [2.24, 2.45) is 5.92 Å². The molecule has 0 atom stereocenters. The zero-order chi connectivity index (χ0) is 12.2. The lowest BCUT2D eigenvalue weighted by Gasteiger charge is -2.12. The van der Waals surface area contributed by atoms with E-state index in [-0.39, 0.29) is 0 Å². The highest BCUT2D eigenvalue weighted by Gasteiger charge is 2.14. The number of aromatic amines is 1. The van der Waals surface area contributed by atoms with E-state index in [1.807, 2.05) is 6.20 Å². The van der Waals surface area contributed by atoms with E-state index in [1.165, 1.54) is 36.9 Å². The van der Waals surface area contributed by atoms with Gasteiger partial charge in [-0.25, -0.2) is 4.98 Å². The first-order chi connectivity index (χ1) is 8.92. The van der Waals surface area contributed by atoms with Crippen molar-refractivity contribution in [2.45, 2.75) is 25.7 Å². The Balaban J connectivity index is 1.60. The Bertz CT molecular complexity index is 467. The van der Waals surface area contributed by atoms with Gasteiger partial charge in [0.15, 0.2) is 0 Å². The number of aromatic nitrogens is 2. The third-order valence-electron chi connectivity index (χ3n) is 3.76. The zero-order valence-electron chi connectivity index (χ0n) is 10.5. The average Bonchev–Trinajstić information content (AvgIpc) is 3.10. The fraction of sp³-hybridized carbons (Fsp3) is 0.400. The van der Waals surface area contributed by atoms with E-state index in [4.69, 9.17) is 0 Å². The van der Waals surface area contributed by atoms with E-state index in [9.17, 15) is 0 Å². The van der Waals surface area contributed by atoms with Crippen molar-refractivity contribution in [1.82, 2.24) is 9.97 Å². The molecule has 0 spiro atoms. The summed E-state index contributed by atoms with van der Waals surface area (Å²) in [4.78, 5) is 7.16. The number of nitrogens with one attached hydrogen (secondary N) is 2. The fourth-order valence-corrected chi connectivity index (χ4v) is 2.66.